The Bertz CT molecular complexity index is 1010. The Kier molecular flexibility index (Phi) is 4.64. The van der Waals surface area contributed by atoms with Gasteiger partial charge in [-0.3, -0.25) is 14.3 Å². The summed E-state index contributed by atoms with van der Waals surface area (Å²) in [5, 5.41) is 7.90. The van der Waals surface area contributed by atoms with E-state index in [1.807, 2.05) is 34.0 Å². The van der Waals surface area contributed by atoms with Crippen molar-refractivity contribution in [2.75, 3.05) is 18.0 Å². The van der Waals surface area contributed by atoms with E-state index in [2.05, 4.69) is 27.5 Å². The predicted octanol–water partition coefficient (Wildman–Crippen LogP) is 0.628. The third-order valence-electron chi connectivity index (χ3n) is 4.98. The molecular weight excluding hydrogens is 344 g/mol. The largest absolute Gasteiger partial charge is 0.356 e. The van der Waals surface area contributed by atoms with Gasteiger partial charge in [0.2, 0.25) is 0 Å². The van der Waals surface area contributed by atoms with Crippen LogP contribution in [-0.2, 0) is 13.6 Å². The molecule has 2 N–H and O–H groups in total. The number of nitrogens with one attached hydrogen (secondary N) is 2. The van der Waals surface area contributed by atoms with Crippen molar-refractivity contribution < 1.29 is 0 Å². The van der Waals surface area contributed by atoms with Crippen LogP contribution in [0.1, 0.15) is 12.0 Å². The van der Waals surface area contributed by atoms with Crippen LogP contribution in [0.4, 0.5) is 5.82 Å². The molecule has 0 unspecified atom stereocenters. The van der Waals surface area contributed by atoms with Gasteiger partial charge in [0.15, 0.2) is 0 Å². The number of aromatic amines is 1. The lowest BCUT2D eigenvalue weighted by Gasteiger charge is -2.19. The molecule has 1 aromatic carbocycles. The van der Waals surface area contributed by atoms with Crippen molar-refractivity contribution >= 4 is 5.82 Å². The molecule has 1 fully saturated rings. The summed E-state index contributed by atoms with van der Waals surface area (Å²) < 4.78 is 2.93. The number of H-pyrrole nitrogens is 1. The summed E-state index contributed by atoms with van der Waals surface area (Å²) in [6, 6.07) is 11.8. The van der Waals surface area contributed by atoms with Crippen LogP contribution in [0, 0.1) is 0 Å². The fraction of sp³-hybridized carbons (Fsp3) is 0.316. The van der Waals surface area contributed by atoms with Crippen molar-refractivity contribution in [3.63, 3.8) is 0 Å². The Labute approximate surface area is 156 Å². The van der Waals surface area contributed by atoms with Gasteiger partial charge in [-0.25, -0.2) is 9.48 Å². The van der Waals surface area contributed by atoms with Crippen LogP contribution in [0.15, 0.2) is 58.4 Å². The molecule has 8 nitrogen and oxygen atoms in total. The van der Waals surface area contributed by atoms with Gasteiger partial charge in [-0.05, 0) is 24.1 Å². The second-order valence-corrected chi connectivity index (χ2v) is 6.75. The van der Waals surface area contributed by atoms with E-state index in [4.69, 9.17) is 0 Å². The first kappa shape index (κ1) is 17.3. The zero-order chi connectivity index (χ0) is 18.8. The monoisotopic (exact) mass is 366 g/mol. The quantitative estimate of drug-likeness (QED) is 0.691. The lowest BCUT2D eigenvalue weighted by molar-refractivity contribution is 0.549. The SMILES string of the molecule is Cn1c(=O)cc(N2CC[C@@H](NCc3ccccc3-n3cccn3)C2)[nH]c1=O. The van der Waals surface area contributed by atoms with E-state index in [-0.39, 0.29) is 17.3 Å². The van der Waals surface area contributed by atoms with Crippen LogP contribution >= 0.6 is 0 Å². The Hall–Kier alpha value is -3.13. The summed E-state index contributed by atoms with van der Waals surface area (Å²) in [6.45, 7) is 2.26. The highest BCUT2D eigenvalue weighted by Gasteiger charge is 2.23. The topological polar surface area (TPSA) is 87.9 Å². The number of aromatic nitrogens is 4. The molecule has 0 spiro atoms. The summed E-state index contributed by atoms with van der Waals surface area (Å²) in [5.41, 5.74) is 1.54. The van der Waals surface area contributed by atoms with Crippen LogP contribution in [-0.4, -0.2) is 38.5 Å². The molecule has 4 rings (SSSR count). The third-order valence-corrected chi connectivity index (χ3v) is 4.98. The minimum Gasteiger partial charge on any atom is -0.356 e. The minimum absolute atomic E-state index is 0.281. The van der Waals surface area contributed by atoms with Gasteiger partial charge in [-0.1, -0.05) is 18.2 Å². The molecular formula is C19H22N6O2. The van der Waals surface area contributed by atoms with E-state index in [1.54, 1.807) is 6.20 Å². The molecule has 0 saturated carbocycles. The minimum atomic E-state index is -0.387. The molecule has 27 heavy (non-hydrogen) atoms. The second-order valence-electron chi connectivity index (χ2n) is 6.75. The van der Waals surface area contributed by atoms with E-state index < -0.39 is 0 Å². The number of anilines is 1. The van der Waals surface area contributed by atoms with Gasteiger partial charge in [0.25, 0.3) is 5.56 Å². The third kappa shape index (κ3) is 3.56. The zero-order valence-electron chi connectivity index (χ0n) is 15.1. The van der Waals surface area contributed by atoms with Crippen molar-refractivity contribution in [1.82, 2.24) is 24.6 Å². The van der Waals surface area contributed by atoms with Crippen molar-refractivity contribution in [3.8, 4) is 5.69 Å². The van der Waals surface area contributed by atoms with Crippen LogP contribution in [0.3, 0.4) is 0 Å². The van der Waals surface area contributed by atoms with Crippen molar-refractivity contribution in [1.29, 1.82) is 0 Å². The Morgan fingerprint density at radius 1 is 1.26 bits per heavy atom. The number of hydrogen-bond acceptors (Lipinski definition) is 5. The fourth-order valence-electron chi connectivity index (χ4n) is 3.41. The maximum atomic E-state index is 11.9. The fourth-order valence-corrected chi connectivity index (χ4v) is 3.41. The average molecular weight is 366 g/mol. The van der Waals surface area contributed by atoms with Gasteiger partial charge >= 0.3 is 5.69 Å². The van der Waals surface area contributed by atoms with Gasteiger partial charge in [0.1, 0.15) is 5.82 Å². The predicted molar refractivity (Wildman–Crippen MR) is 103 cm³/mol. The molecule has 1 aliphatic heterocycles. The number of hydrogen-bond donors (Lipinski definition) is 2. The van der Waals surface area contributed by atoms with E-state index in [9.17, 15) is 9.59 Å². The highest BCUT2D eigenvalue weighted by Crippen LogP contribution is 2.18. The average Bonchev–Trinajstić information content (AvgIpc) is 3.36. The van der Waals surface area contributed by atoms with Gasteiger partial charge in [-0.2, -0.15) is 5.10 Å². The van der Waals surface area contributed by atoms with Gasteiger partial charge < -0.3 is 10.2 Å². The molecule has 0 radical (unpaired) electrons. The molecule has 3 heterocycles. The Morgan fingerprint density at radius 2 is 2.11 bits per heavy atom. The summed E-state index contributed by atoms with van der Waals surface area (Å²) in [6.07, 6.45) is 4.65. The summed E-state index contributed by atoms with van der Waals surface area (Å²) in [5.74, 6) is 0.587. The summed E-state index contributed by atoms with van der Waals surface area (Å²) in [7, 11) is 1.47. The normalized spacial score (nSPS) is 16.8. The Morgan fingerprint density at radius 3 is 2.89 bits per heavy atom. The first-order valence-electron chi connectivity index (χ1n) is 8.98. The number of nitrogens with zero attached hydrogens (tertiary/aromatic N) is 4. The van der Waals surface area contributed by atoms with E-state index in [0.29, 0.717) is 5.82 Å². The van der Waals surface area contributed by atoms with Crippen LogP contribution in [0.5, 0.6) is 0 Å². The molecule has 0 aliphatic carbocycles. The summed E-state index contributed by atoms with van der Waals surface area (Å²) >= 11 is 0. The molecule has 0 amide bonds. The Balaban J connectivity index is 1.43. The van der Waals surface area contributed by atoms with Crippen LogP contribution < -0.4 is 21.5 Å². The molecule has 140 valence electrons. The zero-order valence-corrected chi connectivity index (χ0v) is 15.1. The number of rotatable bonds is 5. The lowest BCUT2D eigenvalue weighted by atomic mass is 10.1. The van der Waals surface area contributed by atoms with E-state index in [1.165, 1.54) is 18.7 Å². The van der Waals surface area contributed by atoms with Crippen LogP contribution in [0.25, 0.3) is 5.69 Å². The maximum Gasteiger partial charge on any atom is 0.329 e. The van der Waals surface area contributed by atoms with Crippen molar-refractivity contribution in [2.24, 2.45) is 7.05 Å². The van der Waals surface area contributed by atoms with Crippen LogP contribution in [0.2, 0.25) is 0 Å². The molecule has 1 aliphatic rings. The second kappa shape index (κ2) is 7.24. The van der Waals surface area contributed by atoms with Gasteiger partial charge in [0.05, 0.1) is 5.69 Å². The lowest BCUT2D eigenvalue weighted by Crippen LogP contribution is -2.37. The van der Waals surface area contributed by atoms with E-state index in [0.717, 1.165) is 36.3 Å². The molecule has 1 atom stereocenters. The van der Waals surface area contributed by atoms with Crippen molar-refractivity contribution in [2.45, 2.75) is 19.0 Å². The number of benzene rings is 1. The molecule has 2 aromatic heterocycles. The molecule has 0 bridgehead atoms. The van der Waals surface area contributed by atoms with Gasteiger partial charge in [-0.15, -0.1) is 0 Å². The van der Waals surface area contributed by atoms with Gasteiger partial charge in [0, 0.05) is 51.2 Å². The highest BCUT2D eigenvalue weighted by molar-refractivity contribution is 5.41. The molecule has 8 heteroatoms. The van der Waals surface area contributed by atoms with E-state index >= 15 is 0 Å². The highest BCUT2D eigenvalue weighted by atomic mass is 16.2. The van der Waals surface area contributed by atoms with Crippen molar-refractivity contribution in [3.05, 3.63) is 75.2 Å². The molecule has 3 aromatic rings. The maximum absolute atomic E-state index is 11.9. The first-order chi connectivity index (χ1) is 13.1. The standard InChI is InChI=1S/C19H22N6O2/c1-23-18(26)11-17(22-19(23)27)24-10-7-15(13-24)20-12-14-5-2-3-6-16(14)25-9-4-8-21-25/h2-6,8-9,11,15,20H,7,10,12-13H2,1H3,(H,22,27)/t15-/m1/s1. The summed E-state index contributed by atoms with van der Waals surface area (Å²) in [4.78, 5) is 28.5. The molecule has 1 saturated heterocycles. The first-order valence-corrected chi connectivity index (χ1v) is 8.98. The number of para-hydroxylation sites is 1. The smallest absolute Gasteiger partial charge is 0.329 e.